The molecule has 0 bridgehead atoms. The maximum Gasteiger partial charge on any atom is 0.277 e. The van der Waals surface area contributed by atoms with Crippen molar-refractivity contribution >= 4 is 33.8 Å². The first-order valence-corrected chi connectivity index (χ1v) is 10.2. The Hall–Kier alpha value is -3.05. The lowest BCUT2D eigenvalue weighted by Crippen LogP contribution is -2.43. The number of nitrogens with one attached hydrogen (secondary N) is 1. The van der Waals surface area contributed by atoms with E-state index in [1.54, 1.807) is 11.7 Å². The van der Waals surface area contributed by atoms with Gasteiger partial charge in [-0.15, -0.1) is 0 Å². The molecule has 1 aliphatic rings. The van der Waals surface area contributed by atoms with Gasteiger partial charge in [-0.1, -0.05) is 17.4 Å². The second-order valence-corrected chi connectivity index (χ2v) is 8.17. The van der Waals surface area contributed by atoms with E-state index in [1.807, 2.05) is 0 Å². The Kier molecular flexibility index (Phi) is 5.39. The molecule has 4 rings (SSSR count). The van der Waals surface area contributed by atoms with Gasteiger partial charge in [0.2, 0.25) is 0 Å². The number of carbonyl (C=O) groups excluding carboxylic acids is 1. The minimum Gasteiger partial charge on any atom is -0.389 e. The molecule has 3 heterocycles. The third-order valence-corrected chi connectivity index (χ3v) is 5.86. The van der Waals surface area contributed by atoms with Crippen molar-refractivity contribution in [2.24, 2.45) is 12.8 Å². The summed E-state index contributed by atoms with van der Waals surface area (Å²) >= 11 is 0.851. The maximum absolute atomic E-state index is 14.1. The summed E-state index contributed by atoms with van der Waals surface area (Å²) in [5.41, 5.74) is 12.1. The topological polar surface area (TPSA) is 115 Å². The zero-order valence-electron chi connectivity index (χ0n) is 16.2. The molecule has 158 valence electrons. The second kappa shape index (κ2) is 8.00. The summed E-state index contributed by atoms with van der Waals surface area (Å²) in [4.78, 5) is 19.0. The summed E-state index contributed by atoms with van der Waals surface area (Å²) in [5, 5.41) is 7.07. The Morgan fingerprint density at radius 1 is 1.33 bits per heavy atom. The van der Waals surface area contributed by atoms with Crippen molar-refractivity contribution < 1.29 is 13.6 Å². The average molecular weight is 433 g/mol. The van der Waals surface area contributed by atoms with Crippen molar-refractivity contribution in [2.75, 3.05) is 29.0 Å². The number of aryl methyl sites for hydroxylation is 1. The molecule has 1 fully saturated rings. The highest BCUT2D eigenvalue weighted by molar-refractivity contribution is 7.19. The Labute approximate surface area is 175 Å². The van der Waals surface area contributed by atoms with E-state index >= 15 is 0 Å². The summed E-state index contributed by atoms with van der Waals surface area (Å²) in [5.74, 6) is -1.40. The van der Waals surface area contributed by atoms with Gasteiger partial charge in [-0.25, -0.2) is 13.8 Å². The van der Waals surface area contributed by atoms with Crippen LogP contribution in [0, 0.1) is 11.6 Å². The summed E-state index contributed by atoms with van der Waals surface area (Å²) in [6.45, 7) is 1.45. The molecular weight excluding hydrogens is 412 g/mol. The van der Waals surface area contributed by atoms with Crippen molar-refractivity contribution in [3.05, 3.63) is 41.7 Å². The number of nitrogens with two attached hydrogens (primary N) is 2. The molecule has 0 saturated carbocycles. The normalized spacial score (nSPS) is 16.7. The van der Waals surface area contributed by atoms with Crippen LogP contribution in [-0.4, -0.2) is 39.8 Å². The number of halogens is 2. The number of nitrogen functional groups attached to an aromatic ring is 1. The van der Waals surface area contributed by atoms with Crippen molar-refractivity contribution in [1.82, 2.24) is 14.8 Å². The van der Waals surface area contributed by atoms with Gasteiger partial charge in [0.1, 0.15) is 27.3 Å². The molecule has 1 aromatic carbocycles. The predicted molar refractivity (Wildman–Crippen MR) is 112 cm³/mol. The van der Waals surface area contributed by atoms with Crippen LogP contribution in [0.4, 0.5) is 25.3 Å². The molecule has 1 aliphatic heterocycles. The Morgan fingerprint density at radius 3 is 2.77 bits per heavy atom. The zero-order chi connectivity index (χ0) is 21.4. The SMILES string of the molecule is Cn1ncc(NC(=O)c2nc(-c3c(F)cccc3F)sc2N)c1N1CCCC(N)C1. The molecule has 2 aromatic heterocycles. The lowest BCUT2D eigenvalue weighted by atomic mass is 10.1. The fourth-order valence-electron chi connectivity index (χ4n) is 3.58. The highest BCUT2D eigenvalue weighted by atomic mass is 32.1. The number of benzene rings is 1. The summed E-state index contributed by atoms with van der Waals surface area (Å²) in [6, 6.07) is 3.56. The predicted octanol–water partition coefficient (Wildman–Crippen LogP) is 2.58. The lowest BCUT2D eigenvalue weighted by molar-refractivity contribution is 0.102. The molecule has 1 unspecified atom stereocenters. The van der Waals surface area contributed by atoms with E-state index in [1.165, 1.54) is 12.3 Å². The number of amides is 1. The van der Waals surface area contributed by atoms with Crippen LogP contribution in [0.2, 0.25) is 0 Å². The molecule has 0 radical (unpaired) electrons. The minimum atomic E-state index is -0.772. The van der Waals surface area contributed by atoms with Gasteiger partial charge in [-0.05, 0) is 25.0 Å². The summed E-state index contributed by atoms with van der Waals surface area (Å²) < 4.78 is 29.8. The van der Waals surface area contributed by atoms with E-state index < -0.39 is 17.5 Å². The highest BCUT2D eigenvalue weighted by Crippen LogP contribution is 2.34. The average Bonchev–Trinajstić information content (AvgIpc) is 3.24. The Balaban J connectivity index is 1.61. The number of piperidine rings is 1. The second-order valence-electron chi connectivity index (χ2n) is 7.14. The fourth-order valence-corrected chi connectivity index (χ4v) is 4.46. The quantitative estimate of drug-likeness (QED) is 0.583. The number of thiazole rings is 1. The van der Waals surface area contributed by atoms with Crippen LogP contribution in [0.25, 0.3) is 10.6 Å². The van der Waals surface area contributed by atoms with E-state index in [2.05, 4.69) is 20.3 Å². The molecule has 11 heteroatoms. The molecule has 1 atom stereocenters. The van der Waals surface area contributed by atoms with Gasteiger partial charge >= 0.3 is 0 Å². The summed E-state index contributed by atoms with van der Waals surface area (Å²) in [6.07, 6.45) is 3.42. The molecule has 0 aliphatic carbocycles. The van der Waals surface area contributed by atoms with Crippen LogP contribution >= 0.6 is 11.3 Å². The molecule has 5 N–H and O–H groups in total. The number of rotatable bonds is 4. The number of hydrogen-bond donors (Lipinski definition) is 3. The largest absolute Gasteiger partial charge is 0.389 e. The molecular formula is C19H21F2N7OS. The Bertz CT molecular complexity index is 1080. The first-order chi connectivity index (χ1) is 14.3. The van der Waals surface area contributed by atoms with Gasteiger partial charge in [-0.3, -0.25) is 9.48 Å². The monoisotopic (exact) mass is 433 g/mol. The standard InChI is InChI=1S/C19H21F2N7OS/c1-27-19(28-7-3-4-10(22)9-28)13(8-24-27)25-17(29)15-16(23)30-18(26-15)14-11(20)5-2-6-12(14)21/h2,5-6,8,10H,3-4,7,9,22-23H2,1H3,(H,25,29). The van der Waals surface area contributed by atoms with Crippen LogP contribution in [0.3, 0.4) is 0 Å². The molecule has 1 amide bonds. The van der Waals surface area contributed by atoms with Crippen molar-refractivity contribution in [2.45, 2.75) is 18.9 Å². The van der Waals surface area contributed by atoms with Crippen molar-refractivity contribution in [3.63, 3.8) is 0 Å². The van der Waals surface area contributed by atoms with Crippen LogP contribution in [0.5, 0.6) is 0 Å². The number of hydrogen-bond acceptors (Lipinski definition) is 7. The first kappa shape index (κ1) is 20.2. The number of carbonyl (C=O) groups is 1. The number of nitrogens with zero attached hydrogens (tertiary/aromatic N) is 4. The van der Waals surface area contributed by atoms with E-state index in [9.17, 15) is 13.6 Å². The van der Waals surface area contributed by atoms with Crippen molar-refractivity contribution in [1.29, 1.82) is 0 Å². The lowest BCUT2D eigenvalue weighted by Gasteiger charge is -2.32. The van der Waals surface area contributed by atoms with Gasteiger partial charge < -0.3 is 21.7 Å². The van der Waals surface area contributed by atoms with Crippen LogP contribution in [-0.2, 0) is 7.05 Å². The molecule has 0 spiro atoms. The summed E-state index contributed by atoms with van der Waals surface area (Å²) in [7, 11) is 1.78. The Morgan fingerprint density at radius 2 is 2.07 bits per heavy atom. The van der Waals surface area contributed by atoms with E-state index in [-0.39, 0.29) is 27.3 Å². The van der Waals surface area contributed by atoms with Crippen molar-refractivity contribution in [3.8, 4) is 10.6 Å². The molecule has 8 nitrogen and oxygen atoms in total. The van der Waals surface area contributed by atoms with Gasteiger partial charge in [0.25, 0.3) is 5.91 Å². The first-order valence-electron chi connectivity index (χ1n) is 9.39. The smallest absolute Gasteiger partial charge is 0.277 e. The molecule has 30 heavy (non-hydrogen) atoms. The van der Waals surface area contributed by atoms with Gasteiger partial charge in [0.15, 0.2) is 11.5 Å². The van der Waals surface area contributed by atoms with Crippen LogP contribution in [0.15, 0.2) is 24.4 Å². The van der Waals surface area contributed by atoms with Gasteiger partial charge in [0, 0.05) is 26.2 Å². The number of aromatic nitrogens is 3. The minimum absolute atomic E-state index is 0.00154. The third-order valence-electron chi connectivity index (χ3n) is 4.96. The highest BCUT2D eigenvalue weighted by Gasteiger charge is 2.26. The van der Waals surface area contributed by atoms with E-state index in [0.29, 0.717) is 12.2 Å². The zero-order valence-corrected chi connectivity index (χ0v) is 17.0. The fraction of sp³-hybridized carbons (Fsp3) is 0.316. The maximum atomic E-state index is 14.1. The third kappa shape index (κ3) is 3.73. The van der Waals surface area contributed by atoms with Gasteiger partial charge in [0.05, 0.1) is 11.8 Å². The number of anilines is 3. The molecule has 1 saturated heterocycles. The van der Waals surface area contributed by atoms with Crippen LogP contribution in [0.1, 0.15) is 23.3 Å². The molecule has 3 aromatic rings. The van der Waals surface area contributed by atoms with E-state index in [0.717, 1.165) is 48.7 Å². The van der Waals surface area contributed by atoms with Gasteiger partial charge in [-0.2, -0.15) is 5.10 Å². The van der Waals surface area contributed by atoms with E-state index in [4.69, 9.17) is 11.5 Å². The van der Waals surface area contributed by atoms with Crippen LogP contribution < -0.4 is 21.7 Å².